The molecular formula is C29H27FN2O. The summed E-state index contributed by atoms with van der Waals surface area (Å²) in [7, 11) is 2.07. The van der Waals surface area contributed by atoms with Crippen LogP contribution in [0.15, 0.2) is 72.8 Å². The third kappa shape index (κ3) is 3.12. The highest BCUT2D eigenvalue weighted by Gasteiger charge is 2.43. The molecule has 3 nitrogen and oxygen atoms in total. The zero-order valence-electron chi connectivity index (χ0n) is 18.8. The molecule has 1 atom stereocenters. The quantitative estimate of drug-likeness (QED) is 0.343. The fourth-order valence-electron chi connectivity index (χ4n) is 6.02. The largest absolute Gasteiger partial charge is 0.343 e. The van der Waals surface area contributed by atoms with Gasteiger partial charge in [0.2, 0.25) is 0 Å². The van der Waals surface area contributed by atoms with Crippen molar-refractivity contribution in [3.05, 3.63) is 95.3 Å². The van der Waals surface area contributed by atoms with Gasteiger partial charge in [-0.05, 0) is 60.4 Å². The molecule has 2 heterocycles. The molecule has 0 spiro atoms. The number of rotatable bonds is 3. The van der Waals surface area contributed by atoms with Gasteiger partial charge < -0.3 is 9.47 Å². The summed E-state index contributed by atoms with van der Waals surface area (Å²) in [6.45, 7) is 0. The van der Waals surface area contributed by atoms with Crippen LogP contribution in [0.3, 0.4) is 0 Å². The third-order valence-electron chi connectivity index (χ3n) is 7.50. The Balaban J connectivity index is 1.65. The molecule has 0 unspecified atom stereocenters. The van der Waals surface area contributed by atoms with E-state index in [4.69, 9.17) is 0 Å². The number of carbonyl (C=O) groups is 1. The number of nitrogens with zero attached hydrogens (tertiary/aromatic N) is 2. The van der Waals surface area contributed by atoms with Gasteiger partial charge in [-0.1, -0.05) is 55.7 Å². The van der Waals surface area contributed by atoms with Gasteiger partial charge in [0.05, 0.1) is 11.7 Å². The molecule has 3 aromatic carbocycles. The molecule has 1 fully saturated rings. The van der Waals surface area contributed by atoms with Gasteiger partial charge in [-0.3, -0.25) is 4.79 Å². The maximum atomic E-state index is 13.8. The van der Waals surface area contributed by atoms with Crippen molar-refractivity contribution in [2.45, 2.75) is 44.2 Å². The SMILES string of the molecule is Cn1c(-c2ccc(F)cc2)c([C@H]2c3ccccc3C(=O)N2C2CCCCC2)c2ccccc21. The number of amides is 1. The highest BCUT2D eigenvalue weighted by Crippen LogP contribution is 2.48. The second kappa shape index (κ2) is 7.87. The monoisotopic (exact) mass is 438 g/mol. The van der Waals surface area contributed by atoms with Crippen LogP contribution in [-0.2, 0) is 7.05 Å². The van der Waals surface area contributed by atoms with E-state index in [-0.39, 0.29) is 23.8 Å². The van der Waals surface area contributed by atoms with Crippen LogP contribution in [0.4, 0.5) is 4.39 Å². The predicted octanol–water partition coefficient (Wildman–Crippen LogP) is 6.86. The lowest BCUT2D eigenvalue weighted by Gasteiger charge is -2.36. The molecular weight excluding hydrogens is 411 g/mol. The van der Waals surface area contributed by atoms with Crippen LogP contribution in [0.1, 0.15) is 59.6 Å². The van der Waals surface area contributed by atoms with Crippen LogP contribution in [0.2, 0.25) is 0 Å². The Morgan fingerprint density at radius 3 is 2.33 bits per heavy atom. The smallest absolute Gasteiger partial charge is 0.255 e. The summed E-state index contributed by atoms with van der Waals surface area (Å²) in [6.07, 6.45) is 5.67. The minimum absolute atomic E-state index is 0.139. The van der Waals surface area contributed by atoms with Gasteiger partial charge in [0.25, 0.3) is 5.91 Å². The lowest BCUT2D eigenvalue weighted by atomic mass is 9.89. The second-order valence-electron chi connectivity index (χ2n) is 9.34. The average Bonchev–Trinajstić information content (AvgIpc) is 3.31. The minimum Gasteiger partial charge on any atom is -0.343 e. The first kappa shape index (κ1) is 20.2. The van der Waals surface area contributed by atoms with Crippen LogP contribution >= 0.6 is 0 Å². The highest BCUT2D eigenvalue weighted by molar-refractivity contribution is 6.02. The van der Waals surface area contributed by atoms with E-state index in [1.54, 1.807) is 0 Å². The van der Waals surface area contributed by atoms with Gasteiger partial charge in [0.1, 0.15) is 5.82 Å². The summed E-state index contributed by atoms with van der Waals surface area (Å²) >= 11 is 0. The Morgan fingerprint density at radius 2 is 1.55 bits per heavy atom. The zero-order chi connectivity index (χ0) is 22.5. The first-order chi connectivity index (χ1) is 16.1. The molecule has 1 aliphatic carbocycles. The Kier molecular flexibility index (Phi) is 4.83. The van der Waals surface area contributed by atoms with Crippen molar-refractivity contribution in [1.29, 1.82) is 0 Å². The third-order valence-corrected chi connectivity index (χ3v) is 7.50. The molecule has 1 aromatic heterocycles. The van der Waals surface area contributed by atoms with E-state index in [1.807, 2.05) is 36.4 Å². The van der Waals surface area contributed by atoms with Crippen molar-refractivity contribution in [2.75, 3.05) is 0 Å². The maximum Gasteiger partial charge on any atom is 0.255 e. The van der Waals surface area contributed by atoms with Gasteiger partial charge in [-0.25, -0.2) is 4.39 Å². The molecule has 33 heavy (non-hydrogen) atoms. The summed E-state index contributed by atoms with van der Waals surface area (Å²) < 4.78 is 16.0. The van der Waals surface area contributed by atoms with Gasteiger partial charge in [0, 0.05) is 35.1 Å². The molecule has 4 heteroatoms. The fourth-order valence-corrected chi connectivity index (χ4v) is 6.02. The van der Waals surface area contributed by atoms with E-state index in [2.05, 4.69) is 40.8 Å². The van der Waals surface area contributed by atoms with Crippen molar-refractivity contribution >= 4 is 16.8 Å². The maximum absolute atomic E-state index is 13.8. The van der Waals surface area contributed by atoms with Crippen molar-refractivity contribution in [3.8, 4) is 11.3 Å². The molecule has 1 saturated carbocycles. The first-order valence-electron chi connectivity index (χ1n) is 11.9. The van der Waals surface area contributed by atoms with Gasteiger partial charge in [0.15, 0.2) is 0 Å². The van der Waals surface area contributed by atoms with Crippen molar-refractivity contribution in [2.24, 2.45) is 7.05 Å². The first-order valence-corrected chi connectivity index (χ1v) is 11.9. The number of fused-ring (bicyclic) bond motifs is 2. The van der Waals surface area contributed by atoms with Crippen molar-refractivity contribution in [1.82, 2.24) is 9.47 Å². The Morgan fingerprint density at radius 1 is 0.848 bits per heavy atom. The van der Waals surface area contributed by atoms with E-state index < -0.39 is 0 Å². The summed E-state index contributed by atoms with van der Waals surface area (Å²) in [5.74, 6) is -0.107. The lowest BCUT2D eigenvalue weighted by molar-refractivity contribution is 0.0613. The molecule has 0 bridgehead atoms. The zero-order valence-corrected chi connectivity index (χ0v) is 18.8. The Bertz CT molecular complexity index is 1350. The number of halogens is 1. The summed E-state index contributed by atoms with van der Waals surface area (Å²) in [5.41, 5.74) is 6.16. The van der Waals surface area contributed by atoms with Crippen LogP contribution in [0.5, 0.6) is 0 Å². The van der Waals surface area contributed by atoms with Gasteiger partial charge in [-0.15, -0.1) is 0 Å². The fraction of sp³-hybridized carbons (Fsp3) is 0.276. The Labute approximate surface area is 193 Å². The molecule has 4 aromatic rings. The molecule has 0 N–H and O–H groups in total. The number of hydrogen-bond donors (Lipinski definition) is 0. The number of carbonyl (C=O) groups excluding carboxylic acids is 1. The number of aryl methyl sites for hydroxylation is 1. The van der Waals surface area contributed by atoms with Crippen molar-refractivity contribution < 1.29 is 9.18 Å². The highest BCUT2D eigenvalue weighted by atomic mass is 19.1. The van der Waals surface area contributed by atoms with E-state index in [1.165, 1.54) is 18.6 Å². The van der Waals surface area contributed by atoms with E-state index in [0.717, 1.165) is 64.5 Å². The van der Waals surface area contributed by atoms with Gasteiger partial charge >= 0.3 is 0 Å². The number of aromatic nitrogens is 1. The number of para-hydroxylation sites is 1. The summed E-state index contributed by atoms with van der Waals surface area (Å²) in [4.78, 5) is 15.9. The van der Waals surface area contributed by atoms with E-state index >= 15 is 0 Å². The van der Waals surface area contributed by atoms with E-state index in [0.29, 0.717) is 0 Å². The predicted molar refractivity (Wildman–Crippen MR) is 130 cm³/mol. The molecule has 6 rings (SSSR count). The van der Waals surface area contributed by atoms with Crippen molar-refractivity contribution in [3.63, 3.8) is 0 Å². The summed E-state index contributed by atoms with van der Waals surface area (Å²) in [5, 5.41) is 1.15. The van der Waals surface area contributed by atoms with Gasteiger partial charge in [-0.2, -0.15) is 0 Å². The lowest BCUT2D eigenvalue weighted by Crippen LogP contribution is -2.40. The number of benzene rings is 3. The van der Waals surface area contributed by atoms with Crippen LogP contribution < -0.4 is 0 Å². The summed E-state index contributed by atoms with van der Waals surface area (Å²) in [6, 6.07) is 23.3. The topological polar surface area (TPSA) is 25.2 Å². The molecule has 1 amide bonds. The normalized spacial score (nSPS) is 18.8. The molecule has 2 aliphatic rings. The molecule has 0 saturated heterocycles. The molecule has 1 aliphatic heterocycles. The average molecular weight is 439 g/mol. The molecule has 0 radical (unpaired) electrons. The Hall–Kier alpha value is -3.40. The second-order valence-corrected chi connectivity index (χ2v) is 9.34. The molecule has 166 valence electrons. The number of hydrogen-bond acceptors (Lipinski definition) is 1. The van der Waals surface area contributed by atoms with Crippen LogP contribution in [0, 0.1) is 5.82 Å². The van der Waals surface area contributed by atoms with E-state index in [9.17, 15) is 9.18 Å². The van der Waals surface area contributed by atoms with Crippen LogP contribution in [0.25, 0.3) is 22.2 Å². The minimum atomic E-state index is -0.246. The van der Waals surface area contributed by atoms with Crippen LogP contribution in [-0.4, -0.2) is 21.4 Å². The standard InChI is InChI=1S/C29H27FN2O/c1-31-25-14-8-7-13-24(25)26(27(31)19-15-17-20(30)18-16-19)28-22-11-5-6-12-23(22)29(33)32(28)21-9-3-2-4-10-21/h5-8,11-18,21,28H,2-4,9-10H2,1H3/t28-/m1/s1.